The fourth-order valence-corrected chi connectivity index (χ4v) is 3.17. The van der Waals surface area contributed by atoms with Crippen LogP contribution in [0.2, 0.25) is 0 Å². The van der Waals surface area contributed by atoms with Crippen LogP contribution < -0.4 is 16.0 Å². The molecule has 1 heterocycles. The normalized spacial score (nSPS) is 11.1. The Labute approximate surface area is 192 Å². The molecular weight excluding hydrogens is 496 g/mol. The number of H-pyrrole nitrogens is 1. The Kier molecular flexibility index (Phi) is 9.10. The first-order valence-corrected chi connectivity index (χ1v) is 9.68. The molecule has 1 amide bonds. The van der Waals surface area contributed by atoms with E-state index in [1.54, 1.807) is 19.2 Å². The van der Waals surface area contributed by atoms with Gasteiger partial charge in [-0.15, -0.1) is 24.0 Å². The average Bonchev–Trinajstić information content (AvgIpc) is 3.12. The summed E-state index contributed by atoms with van der Waals surface area (Å²) in [6, 6.07) is 12.3. The lowest BCUT2D eigenvalue weighted by molar-refractivity contribution is 0.0955. The van der Waals surface area contributed by atoms with E-state index in [2.05, 4.69) is 25.9 Å². The summed E-state index contributed by atoms with van der Waals surface area (Å²) >= 11 is 0. The summed E-state index contributed by atoms with van der Waals surface area (Å²) < 4.78 is 13.3. The number of guanidine groups is 1. The van der Waals surface area contributed by atoms with Crippen molar-refractivity contribution < 1.29 is 9.18 Å². The minimum Gasteiger partial charge on any atom is -0.361 e. The van der Waals surface area contributed by atoms with Crippen LogP contribution in [0.4, 0.5) is 4.39 Å². The van der Waals surface area contributed by atoms with E-state index in [0.29, 0.717) is 31.2 Å². The van der Waals surface area contributed by atoms with Crippen molar-refractivity contribution in [1.29, 1.82) is 0 Å². The van der Waals surface area contributed by atoms with E-state index in [-0.39, 0.29) is 35.7 Å². The molecule has 0 aliphatic rings. The lowest BCUT2D eigenvalue weighted by atomic mass is 10.1. The van der Waals surface area contributed by atoms with Crippen LogP contribution >= 0.6 is 24.0 Å². The van der Waals surface area contributed by atoms with Gasteiger partial charge in [0, 0.05) is 49.3 Å². The third-order valence-electron chi connectivity index (χ3n) is 4.63. The van der Waals surface area contributed by atoms with Crippen molar-refractivity contribution in [2.45, 2.75) is 19.9 Å². The SMILES string of the molecule is CCNC(=O)c1cccc(CNC(=NC)NCCc2c[nH]c3cc(F)ccc23)c1.I. The van der Waals surface area contributed by atoms with Crippen LogP contribution in [0.25, 0.3) is 10.9 Å². The molecule has 0 saturated carbocycles. The van der Waals surface area contributed by atoms with Gasteiger partial charge in [0.25, 0.3) is 5.91 Å². The van der Waals surface area contributed by atoms with E-state index in [0.717, 1.165) is 28.5 Å². The molecule has 0 fully saturated rings. The van der Waals surface area contributed by atoms with Gasteiger partial charge in [-0.1, -0.05) is 12.1 Å². The molecule has 0 atom stereocenters. The molecule has 0 spiro atoms. The Hall–Kier alpha value is -2.62. The Morgan fingerprint density at radius 2 is 1.97 bits per heavy atom. The van der Waals surface area contributed by atoms with Gasteiger partial charge < -0.3 is 20.9 Å². The molecular formula is C22H27FIN5O. The van der Waals surface area contributed by atoms with Crippen LogP contribution in [0.5, 0.6) is 0 Å². The molecule has 0 radical (unpaired) electrons. The van der Waals surface area contributed by atoms with Gasteiger partial charge in [-0.25, -0.2) is 4.39 Å². The van der Waals surface area contributed by atoms with Crippen molar-refractivity contribution in [2.75, 3.05) is 20.1 Å². The minimum absolute atomic E-state index is 0. The molecule has 30 heavy (non-hydrogen) atoms. The number of hydrogen-bond donors (Lipinski definition) is 4. The number of aromatic amines is 1. The zero-order valence-corrected chi connectivity index (χ0v) is 19.4. The fourth-order valence-electron chi connectivity index (χ4n) is 3.17. The van der Waals surface area contributed by atoms with Gasteiger partial charge in [0.15, 0.2) is 5.96 Å². The predicted molar refractivity (Wildman–Crippen MR) is 130 cm³/mol. The number of nitrogens with one attached hydrogen (secondary N) is 4. The lowest BCUT2D eigenvalue weighted by Gasteiger charge is -2.12. The topological polar surface area (TPSA) is 81.3 Å². The van der Waals surface area contributed by atoms with Crippen LogP contribution in [-0.2, 0) is 13.0 Å². The quantitative estimate of drug-likeness (QED) is 0.217. The largest absolute Gasteiger partial charge is 0.361 e. The van der Waals surface area contributed by atoms with Crippen LogP contribution in [0.3, 0.4) is 0 Å². The first kappa shape index (κ1) is 23.7. The fraction of sp³-hybridized carbons (Fsp3) is 0.273. The number of benzene rings is 2. The van der Waals surface area contributed by atoms with Gasteiger partial charge in [-0.2, -0.15) is 0 Å². The van der Waals surface area contributed by atoms with Gasteiger partial charge in [-0.3, -0.25) is 9.79 Å². The maximum absolute atomic E-state index is 13.3. The number of carbonyl (C=O) groups excluding carboxylic acids is 1. The smallest absolute Gasteiger partial charge is 0.251 e. The van der Waals surface area contributed by atoms with Crippen molar-refractivity contribution in [3.05, 3.63) is 71.2 Å². The first-order valence-electron chi connectivity index (χ1n) is 9.68. The van der Waals surface area contributed by atoms with Crippen molar-refractivity contribution in [3.63, 3.8) is 0 Å². The Balaban J connectivity index is 0.00000320. The van der Waals surface area contributed by atoms with Gasteiger partial charge in [0.05, 0.1) is 0 Å². The van der Waals surface area contributed by atoms with E-state index < -0.39 is 0 Å². The molecule has 6 nitrogen and oxygen atoms in total. The third-order valence-corrected chi connectivity index (χ3v) is 4.63. The molecule has 4 N–H and O–H groups in total. The van der Waals surface area contributed by atoms with Gasteiger partial charge in [0.2, 0.25) is 0 Å². The van der Waals surface area contributed by atoms with E-state index in [4.69, 9.17) is 0 Å². The summed E-state index contributed by atoms with van der Waals surface area (Å²) in [7, 11) is 1.72. The number of aromatic nitrogens is 1. The number of amides is 1. The molecule has 160 valence electrons. The zero-order valence-electron chi connectivity index (χ0n) is 17.1. The number of carbonyl (C=O) groups is 1. The highest BCUT2D eigenvalue weighted by Gasteiger charge is 2.07. The summed E-state index contributed by atoms with van der Waals surface area (Å²) in [6.07, 6.45) is 2.69. The van der Waals surface area contributed by atoms with E-state index in [1.165, 1.54) is 12.1 Å². The number of fused-ring (bicyclic) bond motifs is 1. The molecule has 2 aromatic carbocycles. The summed E-state index contributed by atoms with van der Waals surface area (Å²) in [5.41, 5.74) is 3.56. The first-order chi connectivity index (χ1) is 14.1. The average molecular weight is 523 g/mol. The predicted octanol–water partition coefficient (Wildman–Crippen LogP) is 3.58. The van der Waals surface area contributed by atoms with Crippen molar-refractivity contribution in [3.8, 4) is 0 Å². The number of hydrogen-bond acceptors (Lipinski definition) is 2. The molecule has 3 aromatic rings. The number of halogens is 2. The van der Waals surface area contributed by atoms with Crippen LogP contribution in [-0.4, -0.2) is 37.0 Å². The second-order valence-corrected chi connectivity index (χ2v) is 6.67. The monoisotopic (exact) mass is 523 g/mol. The number of aliphatic imine (C=N–C) groups is 1. The maximum Gasteiger partial charge on any atom is 0.251 e. The molecule has 8 heteroatoms. The summed E-state index contributed by atoms with van der Waals surface area (Å²) in [5.74, 6) is 0.361. The van der Waals surface area contributed by atoms with Crippen LogP contribution in [0, 0.1) is 5.82 Å². The van der Waals surface area contributed by atoms with Gasteiger partial charge in [-0.05, 0) is 54.8 Å². The molecule has 3 rings (SSSR count). The number of rotatable bonds is 7. The van der Waals surface area contributed by atoms with E-state index in [9.17, 15) is 9.18 Å². The summed E-state index contributed by atoms with van der Waals surface area (Å²) in [6.45, 7) is 3.74. The lowest BCUT2D eigenvalue weighted by Crippen LogP contribution is -2.37. The molecule has 0 saturated heterocycles. The van der Waals surface area contributed by atoms with Crippen LogP contribution in [0.1, 0.15) is 28.4 Å². The summed E-state index contributed by atoms with van der Waals surface area (Å²) in [5, 5.41) is 10.4. The number of nitrogens with zero attached hydrogens (tertiary/aromatic N) is 1. The van der Waals surface area contributed by atoms with Gasteiger partial charge >= 0.3 is 0 Å². The van der Waals surface area contributed by atoms with E-state index in [1.807, 2.05) is 31.3 Å². The van der Waals surface area contributed by atoms with Crippen molar-refractivity contribution >= 4 is 46.7 Å². The van der Waals surface area contributed by atoms with Crippen molar-refractivity contribution in [1.82, 2.24) is 20.9 Å². The van der Waals surface area contributed by atoms with Crippen molar-refractivity contribution in [2.24, 2.45) is 4.99 Å². The highest BCUT2D eigenvalue weighted by atomic mass is 127. The third kappa shape index (κ3) is 6.19. The highest BCUT2D eigenvalue weighted by Crippen LogP contribution is 2.19. The minimum atomic E-state index is -0.245. The van der Waals surface area contributed by atoms with Gasteiger partial charge in [0.1, 0.15) is 5.82 Å². The highest BCUT2D eigenvalue weighted by molar-refractivity contribution is 14.0. The second kappa shape index (κ2) is 11.5. The Morgan fingerprint density at radius 1 is 1.13 bits per heavy atom. The molecule has 0 aliphatic heterocycles. The Bertz CT molecular complexity index is 1020. The molecule has 0 unspecified atom stereocenters. The molecule has 0 aliphatic carbocycles. The van der Waals surface area contributed by atoms with E-state index >= 15 is 0 Å². The Morgan fingerprint density at radius 3 is 2.73 bits per heavy atom. The standard InChI is InChI=1S/C22H26FN5O.HI/c1-3-25-21(29)16-6-4-5-15(11-16)13-28-22(24-2)26-10-9-17-14-27-20-12-18(23)7-8-19(17)20;/h4-8,11-12,14,27H,3,9-10,13H2,1-2H3,(H,25,29)(H2,24,26,28);1H. The summed E-state index contributed by atoms with van der Waals surface area (Å²) in [4.78, 5) is 19.3. The molecule has 0 bridgehead atoms. The zero-order chi connectivity index (χ0) is 20.6. The second-order valence-electron chi connectivity index (χ2n) is 6.67. The van der Waals surface area contributed by atoms with Crippen LogP contribution in [0.15, 0.2) is 53.7 Å². The maximum atomic E-state index is 13.3. The molecule has 1 aromatic heterocycles.